The van der Waals surface area contributed by atoms with Crippen molar-refractivity contribution < 1.29 is 0 Å². The summed E-state index contributed by atoms with van der Waals surface area (Å²) in [6.45, 7) is 5.51. The van der Waals surface area contributed by atoms with Crippen LogP contribution in [0.2, 0.25) is 0 Å². The Kier molecular flexibility index (Phi) is 3.48. The van der Waals surface area contributed by atoms with Crippen LogP contribution in [0.4, 0.5) is 0 Å². The number of rotatable bonds is 4. The normalized spacial score (nSPS) is 15.7. The average Bonchev–Trinajstić information content (AvgIpc) is 2.50. The van der Waals surface area contributed by atoms with E-state index in [0.717, 1.165) is 6.54 Å². The molecule has 1 rings (SSSR count). The number of aromatic nitrogens is 2. The lowest BCUT2D eigenvalue weighted by Crippen LogP contribution is -2.22. The number of hydrogen-bond acceptors (Lipinski definition) is 2. The van der Waals surface area contributed by atoms with Crippen LogP contribution in [0.1, 0.15) is 25.6 Å². The van der Waals surface area contributed by atoms with Gasteiger partial charge in [0.1, 0.15) is 5.82 Å². The Morgan fingerprint density at radius 3 is 2.69 bits per heavy atom. The summed E-state index contributed by atoms with van der Waals surface area (Å²) < 4.78 is 2.09. The molecular weight excluding hydrogens is 162 g/mol. The van der Waals surface area contributed by atoms with E-state index in [4.69, 9.17) is 0 Å². The molecular formula is C10H19N3. The molecule has 1 heterocycles. The van der Waals surface area contributed by atoms with E-state index in [1.54, 1.807) is 0 Å². The van der Waals surface area contributed by atoms with Crippen LogP contribution in [-0.4, -0.2) is 23.1 Å². The van der Waals surface area contributed by atoms with E-state index in [1.807, 2.05) is 26.5 Å². The highest BCUT2D eigenvalue weighted by molar-refractivity contribution is 4.99. The van der Waals surface area contributed by atoms with Gasteiger partial charge in [0.05, 0.1) is 0 Å². The van der Waals surface area contributed by atoms with E-state index in [0.29, 0.717) is 11.8 Å². The van der Waals surface area contributed by atoms with Crippen molar-refractivity contribution in [3.05, 3.63) is 18.2 Å². The van der Waals surface area contributed by atoms with Crippen molar-refractivity contribution in [2.75, 3.05) is 13.6 Å². The molecule has 0 bridgehead atoms. The van der Waals surface area contributed by atoms with E-state index in [-0.39, 0.29) is 0 Å². The monoisotopic (exact) mass is 181 g/mol. The minimum Gasteiger partial charge on any atom is -0.338 e. The van der Waals surface area contributed by atoms with Crippen molar-refractivity contribution in [3.63, 3.8) is 0 Å². The highest BCUT2D eigenvalue weighted by Gasteiger charge is 2.16. The lowest BCUT2D eigenvalue weighted by atomic mass is 9.95. The molecule has 2 atom stereocenters. The second kappa shape index (κ2) is 4.42. The molecule has 1 aromatic heterocycles. The number of aryl methyl sites for hydroxylation is 1. The Hall–Kier alpha value is -0.830. The lowest BCUT2D eigenvalue weighted by Gasteiger charge is -2.18. The first-order valence-corrected chi connectivity index (χ1v) is 4.78. The Morgan fingerprint density at radius 1 is 1.54 bits per heavy atom. The first-order chi connectivity index (χ1) is 6.16. The number of nitrogens with zero attached hydrogens (tertiary/aromatic N) is 2. The zero-order valence-electron chi connectivity index (χ0n) is 8.91. The Morgan fingerprint density at radius 2 is 2.23 bits per heavy atom. The van der Waals surface area contributed by atoms with Crippen LogP contribution in [0.3, 0.4) is 0 Å². The Labute approximate surface area is 80.2 Å². The maximum Gasteiger partial charge on any atom is 0.111 e. The van der Waals surface area contributed by atoms with Crippen LogP contribution in [0.25, 0.3) is 0 Å². The largest absolute Gasteiger partial charge is 0.338 e. The molecule has 0 aliphatic carbocycles. The van der Waals surface area contributed by atoms with E-state index < -0.39 is 0 Å². The van der Waals surface area contributed by atoms with Crippen LogP contribution in [0, 0.1) is 5.92 Å². The van der Waals surface area contributed by atoms with Gasteiger partial charge in [0.15, 0.2) is 0 Å². The van der Waals surface area contributed by atoms with Gasteiger partial charge in [-0.2, -0.15) is 0 Å². The highest BCUT2D eigenvalue weighted by atomic mass is 15.0. The second-order valence-electron chi connectivity index (χ2n) is 3.72. The molecule has 0 saturated carbocycles. The van der Waals surface area contributed by atoms with Crippen molar-refractivity contribution in [2.24, 2.45) is 13.0 Å². The molecule has 0 fully saturated rings. The summed E-state index contributed by atoms with van der Waals surface area (Å²) in [7, 11) is 4.03. The van der Waals surface area contributed by atoms with E-state index in [2.05, 4.69) is 28.7 Å². The van der Waals surface area contributed by atoms with Crippen LogP contribution in [-0.2, 0) is 7.05 Å². The van der Waals surface area contributed by atoms with E-state index in [9.17, 15) is 0 Å². The zero-order valence-corrected chi connectivity index (χ0v) is 8.91. The summed E-state index contributed by atoms with van der Waals surface area (Å²) in [6.07, 6.45) is 3.86. The fraction of sp³-hybridized carbons (Fsp3) is 0.700. The van der Waals surface area contributed by atoms with Crippen molar-refractivity contribution >= 4 is 0 Å². The molecule has 3 nitrogen and oxygen atoms in total. The first kappa shape index (κ1) is 10.3. The maximum absolute atomic E-state index is 4.35. The minimum absolute atomic E-state index is 0.507. The van der Waals surface area contributed by atoms with Gasteiger partial charge in [0, 0.05) is 25.4 Å². The highest BCUT2D eigenvalue weighted by Crippen LogP contribution is 2.21. The van der Waals surface area contributed by atoms with Crippen molar-refractivity contribution in [1.29, 1.82) is 0 Å². The van der Waals surface area contributed by atoms with Crippen molar-refractivity contribution in [2.45, 2.75) is 19.8 Å². The van der Waals surface area contributed by atoms with Gasteiger partial charge in [0.2, 0.25) is 0 Å². The molecule has 0 saturated heterocycles. The zero-order chi connectivity index (χ0) is 9.84. The van der Waals surface area contributed by atoms with Crippen molar-refractivity contribution in [3.8, 4) is 0 Å². The Balaban J connectivity index is 2.67. The third kappa shape index (κ3) is 2.31. The van der Waals surface area contributed by atoms with Gasteiger partial charge in [-0.1, -0.05) is 13.8 Å². The number of imidazole rings is 1. The van der Waals surface area contributed by atoms with Gasteiger partial charge in [0.25, 0.3) is 0 Å². The lowest BCUT2D eigenvalue weighted by molar-refractivity contribution is 0.441. The van der Waals surface area contributed by atoms with Crippen LogP contribution in [0.15, 0.2) is 12.4 Å². The van der Waals surface area contributed by atoms with Gasteiger partial charge in [-0.05, 0) is 19.5 Å². The third-order valence-electron chi connectivity index (χ3n) is 2.65. The molecule has 0 aromatic carbocycles. The quantitative estimate of drug-likeness (QED) is 0.760. The standard InChI is InChI=1S/C10H19N3/c1-8(7-11-3)9(2)10-12-5-6-13(10)4/h5-6,8-9,11H,7H2,1-4H3. The SMILES string of the molecule is CNCC(C)C(C)c1nccn1C. The molecule has 74 valence electrons. The van der Waals surface area contributed by atoms with Crippen LogP contribution >= 0.6 is 0 Å². The summed E-state index contributed by atoms with van der Waals surface area (Å²) in [5.74, 6) is 2.29. The molecule has 2 unspecified atom stereocenters. The third-order valence-corrected chi connectivity index (χ3v) is 2.65. The molecule has 0 spiro atoms. The fourth-order valence-corrected chi connectivity index (χ4v) is 1.57. The van der Waals surface area contributed by atoms with Gasteiger partial charge in [-0.3, -0.25) is 0 Å². The molecule has 1 N–H and O–H groups in total. The summed E-state index contributed by atoms with van der Waals surface area (Å²) in [5, 5.41) is 3.19. The first-order valence-electron chi connectivity index (χ1n) is 4.78. The smallest absolute Gasteiger partial charge is 0.111 e. The second-order valence-corrected chi connectivity index (χ2v) is 3.72. The predicted molar refractivity (Wildman–Crippen MR) is 54.7 cm³/mol. The molecule has 0 aliphatic rings. The van der Waals surface area contributed by atoms with Gasteiger partial charge in [-0.15, -0.1) is 0 Å². The molecule has 13 heavy (non-hydrogen) atoms. The van der Waals surface area contributed by atoms with Gasteiger partial charge in [-0.25, -0.2) is 4.98 Å². The van der Waals surface area contributed by atoms with Gasteiger partial charge >= 0.3 is 0 Å². The summed E-state index contributed by atoms with van der Waals surface area (Å²) in [4.78, 5) is 4.35. The van der Waals surface area contributed by atoms with Gasteiger partial charge < -0.3 is 9.88 Å². The fourth-order valence-electron chi connectivity index (χ4n) is 1.57. The van der Waals surface area contributed by atoms with Crippen molar-refractivity contribution in [1.82, 2.24) is 14.9 Å². The van der Waals surface area contributed by atoms with Crippen LogP contribution < -0.4 is 5.32 Å². The Bertz CT molecular complexity index is 254. The molecule has 1 aromatic rings. The molecule has 3 heteroatoms. The maximum atomic E-state index is 4.35. The van der Waals surface area contributed by atoms with E-state index in [1.165, 1.54) is 5.82 Å². The van der Waals surface area contributed by atoms with Crippen LogP contribution in [0.5, 0.6) is 0 Å². The average molecular weight is 181 g/mol. The predicted octanol–water partition coefficient (Wildman–Crippen LogP) is 1.38. The summed E-state index contributed by atoms with van der Waals surface area (Å²) in [6, 6.07) is 0. The molecule has 0 aliphatic heterocycles. The summed E-state index contributed by atoms with van der Waals surface area (Å²) >= 11 is 0. The molecule has 0 amide bonds. The topological polar surface area (TPSA) is 29.9 Å². The van der Waals surface area contributed by atoms with E-state index >= 15 is 0 Å². The number of hydrogen-bond donors (Lipinski definition) is 1. The summed E-state index contributed by atoms with van der Waals surface area (Å²) in [5.41, 5.74) is 0. The molecule has 0 radical (unpaired) electrons. The number of nitrogens with one attached hydrogen (secondary N) is 1. The minimum atomic E-state index is 0.507.